The number of aryl methyl sites for hydroxylation is 1. The Labute approximate surface area is 130 Å². The first-order valence-corrected chi connectivity index (χ1v) is 7.82. The van der Waals surface area contributed by atoms with Crippen molar-refractivity contribution in [3.8, 4) is 0 Å². The number of benzene rings is 1. The van der Waals surface area contributed by atoms with Gasteiger partial charge in [-0.1, -0.05) is 6.07 Å². The number of amides is 1. The zero-order valence-electron chi connectivity index (χ0n) is 13.3. The SMILES string of the molecule is CN(C)CC(=O)N1CCCC(CCc2ccc(F)c(F)c2)C1. The third-order valence-electron chi connectivity index (χ3n) is 4.15. The quantitative estimate of drug-likeness (QED) is 0.835. The molecule has 1 heterocycles. The van der Waals surface area contributed by atoms with Gasteiger partial charge in [-0.05, 0) is 63.4 Å². The molecular weight excluding hydrogens is 286 g/mol. The predicted molar refractivity (Wildman–Crippen MR) is 82.5 cm³/mol. The van der Waals surface area contributed by atoms with Crippen LogP contribution in [0.1, 0.15) is 24.8 Å². The van der Waals surface area contributed by atoms with Crippen LogP contribution in [0.3, 0.4) is 0 Å². The molecule has 0 saturated carbocycles. The minimum atomic E-state index is -0.804. The fourth-order valence-electron chi connectivity index (χ4n) is 2.96. The average molecular weight is 310 g/mol. The van der Waals surface area contributed by atoms with E-state index >= 15 is 0 Å². The molecule has 1 aliphatic heterocycles. The van der Waals surface area contributed by atoms with Gasteiger partial charge in [0.15, 0.2) is 11.6 Å². The first-order chi connectivity index (χ1) is 10.5. The number of carbonyl (C=O) groups is 1. The smallest absolute Gasteiger partial charge is 0.236 e. The van der Waals surface area contributed by atoms with Gasteiger partial charge in [0.1, 0.15) is 0 Å². The molecule has 1 aliphatic rings. The van der Waals surface area contributed by atoms with E-state index in [2.05, 4.69) is 0 Å². The zero-order chi connectivity index (χ0) is 16.1. The molecule has 122 valence electrons. The summed E-state index contributed by atoms with van der Waals surface area (Å²) in [5.41, 5.74) is 0.815. The Morgan fingerprint density at radius 1 is 1.32 bits per heavy atom. The highest BCUT2D eigenvalue weighted by molar-refractivity contribution is 5.78. The Hall–Kier alpha value is -1.49. The molecule has 0 spiro atoms. The number of nitrogens with zero attached hydrogens (tertiary/aromatic N) is 2. The lowest BCUT2D eigenvalue weighted by Gasteiger charge is -2.33. The molecule has 0 aliphatic carbocycles. The molecule has 0 N–H and O–H groups in total. The topological polar surface area (TPSA) is 23.6 Å². The number of carbonyl (C=O) groups excluding carboxylic acids is 1. The van der Waals surface area contributed by atoms with Crippen molar-refractivity contribution in [1.29, 1.82) is 0 Å². The van der Waals surface area contributed by atoms with Crippen LogP contribution in [-0.2, 0) is 11.2 Å². The van der Waals surface area contributed by atoms with E-state index in [0.29, 0.717) is 12.5 Å². The summed E-state index contributed by atoms with van der Waals surface area (Å²) in [5.74, 6) is -0.985. The van der Waals surface area contributed by atoms with E-state index in [1.807, 2.05) is 23.9 Å². The summed E-state index contributed by atoms with van der Waals surface area (Å²) in [6, 6.07) is 4.09. The Morgan fingerprint density at radius 3 is 2.77 bits per heavy atom. The fraction of sp³-hybridized carbons (Fsp3) is 0.588. The molecule has 1 unspecified atom stereocenters. The number of hydrogen-bond donors (Lipinski definition) is 0. The lowest BCUT2D eigenvalue weighted by Crippen LogP contribution is -2.43. The highest BCUT2D eigenvalue weighted by Crippen LogP contribution is 2.22. The van der Waals surface area contributed by atoms with Gasteiger partial charge >= 0.3 is 0 Å². The molecule has 22 heavy (non-hydrogen) atoms. The van der Waals surface area contributed by atoms with Crippen LogP contribution >= 0.6 is 0 Å². The highest BCUT2D eigenvalue weighted by atomic mass is 19.2. The molecule has 1 atom stereocenters. The van der Waals surface area contributed by atoms with E-state index in [0.717, 1.165) is 44.3 Å². The second-order valence-electron chi connectivity index (χ2n) is 6.37. The number of likely N-dealkylation sites (tertiary alicyclic amines) is 1. The molecule has 2 rings (SSSR count). The second-order valence-corrected chi connectivity index (χ2v) is 6.37. The van der Waals surface area contributed by atoms with Gasteiger partial charge in [-0.2, -0.15) is 0 Å². The summed E-state index contributed by atoms with van der Waals surface area (Å²) in [4.78, 5) is 15.9. The lowest BCUT2D eigenvalue weighted by atomic mass is 9.91. The highest BCUT2D eigenvalue weighted by Gasteiger charge is 2.23. The maximum absolute atomic E-state index is 13.2. The fourth-order valence-corrected chi connectivity index (χ4v) is 2.96. The third kappa shape index (κ3) is 4.77. The largest absolute Gasteiger partial charge is 0.341 e. The van der Waals surface area contributed by atoms with Crippen molar-refractivity contribution in [3.63, 3.8) is 0 Å². The molecule has 1 fully saturated rings. The van der Waals surface area contributed by atoms with Crippen molar-refractivity contribution < 1.29 is 13.6 Å². The molecule has 0 radical (unpaired) electrons. The minimum absolute atomic E-state index is 0.169. The summed E-state index contributed by atoms with van der Waals surface area (Å²) >= 11 is 0. The van der Waals surface area contributed by atoms with Crippen LogP contribution < -0.4 is 0 Å². The molecule has 1 aromatic rings. The molecule has 1 aromatic carbocycles. The average Bonchev–Trinajstić information content (AvgIpc) is 2.48. The van der Waals surface area contributed by atoms with E-state index in [4.69, 9.17) is 0 Å². The number of rotatable bonds is 5. The molecule has 3 nitrogen and oxygen atoms in total. The Bertz CT molecular complexity index is 519. The van der Waals surface area contributed by atoms with Crippen molar-refractivity contribution in [2.24, 2.45) is 5.92 Å². The maximum atomic E-state index is 13.2. The van der Waals surface area contributed by atoms with Crippen molar-refractivity contribution in [2.75, 3.05) is 33.7 Å². The van der Waals surface area contributed by atoms with Crippen LogP contribution in [-0.4, -0.2) is 49.4 Å². The molecule has 5 heteroatoms. The Morgan fingerprint density at radius 2 is 2.09 bits per heavy atom. The Kier molecular flexibility index (Phi) is 5.89. The van der Waals surface area contributed by atoms with Crippen LogP contribution in [0.2, 0.25) is 0 Å². The van der Waals surface area contributed by atoms with Gasteiger partial charge in [-0.3, -0.25) is 4.79 Å². The van der Waals surface area contributed by atoms with Gasteiger partial charge in [-0.15, -0.1) is 0 Å². The van der Waals surface area contributed by atoms with Gasteiger partial charge in [0.05, 0.1) is 6.54 Å². The lowest BCUT2D eigenvalue weighted by molar-refractivity contribution is -0.133. The summed E-state index contributed by atoms with van der Waals surface area (Å²) < 4.78 is 26.1. The zero-order valence-corrected chi connectivity index (χ0v) is 13.3. The van der Waals surface area contributed by atoms with E-state index in [1.54, 1.807) is 6.07 Å². The summed E-state index contributed by atoms with van der Waals surface area (Å²) in [6.07, 6.45) is 3.73. The minimum Gasteiger partial charge on any atom is -0.341 e. The van der Waals surface area contributed by atoms with Crippen LogP contribution in [0.4, 0.5) is 8.78 Å². The number of halogens is 2. The second kappa shape index (κ2) is 7.68. The predicted octanol–water partition coefficient (Wildman–Crippen LogP) is 2.70. The van der Waals surface area contributed by atoms with Gasteiger partial charge in [0, 0.05) is 13.1 Å². The van der Waals surface area contributed by atoms with Crippen LogP contribution in [0, 0.1) is 17.6 Å². The third-order valence-corrected chi connectivity index (χ3v) is 4.15. The monoisotopic (exact) mass is 310 g/mol. The first kappa shape index (κ1) is 16.9. The van der Waals surface area contributed by atoms with Crippen molar-refractivity contribution >= 4 is 5.91 Å². The standard InChI is InChI=1S/C17H24F2N2O/c1-20(2)12-17(22)21-9-3-4-14(11-21)6-5-13-7-8-15(18)16(19)10-13/h7-8,10,14H,3-6,9,11-12H2,1-2H3. The van der Waals surface area contributed by atoms with Crippen LogP contribution in [0.15, 0.2) is 18.2 Å². The van der Waals surface area contributed by atoms with Gasteiger partial charge in [0.2, 0.25) is 5.91 Å². The summed E-state index contributed by atoms with van der Waals surface area (Å²) in [7, 11) is 3.78. The number of likely N-dealkylation sites (N-methyl/N-ethyl adjacent to an activating group) is 1. The molecule has 1 amide bonds. The van der Waals surface area contributed by atoms with E-state index in [1.165, 1.54) is 12.1 Å². The summed E-state index contributed by atoms with van der Waals surface area (Å²) in [6.45, 7) is 2.04. The van der Waals surface area contributed by atoms with Crippen LogP contribution in [0.25, 0.3) is 0 Å². The maximum Gasteiger partial charge on any atom is 0.236 e. The summed E-state index contributed by atoms with van der Waals surface area (Å²) in [5, 5.41) is 0. The van der Waals surface area contributed by atoms with Crippen LogP contribution in [0.5, 0.6) is 0 Å². The van der Waals surface area contributed by atoms with Crippen molar-refractivity contribution in [1.82, 2.24) is 9.80 Å². The molecule has 0 aromatic heterocycles. The van der Waals surface area contributed by atoms with E-state index in [-0.39, 0.29) is 5.91 Å². The normalized spacial score (nSPS) is 18.8. The number of hydrogen-bond acceptors (Lipinski definition) is 2. The van der Waals surface area contributed by atoms with Gasteiger partial charge in [0.25, 0.3) is 0 Å². The molecular formula is C17H24F2N2O. The Balaban J connectivity index is 1.85. The van der Waals surface area contributed by atoms with E-state index < -0.39 is 11.6 Å². The molecule has 0 bridgehead atoms. The van der Waals surface area contributed by atoms with Crippen molar-refractivity contribution in [2.45, 2.75) is 25.7 Å². The number of piperidine rings is 1. The van der Waals surface area contributed by atoms with Gasteiger partial charge in [-0.25, -0.2) is 8.78 Å². The van der Waals surface area contributed by atoms with Crippen molar-refractivity contribution in [3.05, 3.63) is 35.4 Å². The van der Waals surface area contributed by atoms with Gasteiger partial charge < -0.3 is 9.80 Å². The van der Waals surface area contributed by atoms with E-state index in [9.17, 15) is 13.6 Å². The molecule has 1 saturated heterocycles. The first-order valence-electron chi connectivity index (χ1n) is 7.82.